The van der Waals surface area contributed by atoms with Crippen LogP contribution < -0.4 is 15.0 Å². The number of rotatable bonds is 5. The monoisotopic (exact) mass is 575 g/mol. The Morgan fingerprint density at radius 3 is 2.50 bits per heavy atom. The molecule has 5 rings (SSSR count). The van der Waals surface area contributed by atoms with Gasteiger partial charge in [0.15, 0.2) is 0 Å². The minimum atomic E-state index is -0.677. The molecule has 1 amide bonds. The van der Waals surface area contributed by atoms with E-state index in [-0.39, 0.29) is 11.9 Å². The van der Waals surface area contributed by atoms with Crippen molar-refractivity contribution in [3.63, 3.8) is 0 Å². The van der Waals surface area contributed by atoms with Gasteiger partial charge in [0.25, 0.3) is 0 Å². The lowest BCUT2D eigenvalue weighted by Crippen LogP contribution is -2.44. The number of hydrogen-bond acceptors (Lipinski definition) is 8. The molecular weight excluding hydrogens is 537 g/mol. The van der Waals surface area contributed by atoms with Gasteiger partial charge in [-0.2, -0.15) is 4.98 Å². The Bertz CT molecular complexity index is 1490. The van der Waals surface area contributed by atoms with Gasteiger partial charge in [0.2, 0.25) is 5.95 Å². The number of aryl methyl sites for hydroxylation is 1. The van der Waals surface area contributed by atoms with Crippen LogP contribution in [0.4, 0.5) is 26.6 Å². The van der Waals surface area contributed by atoms with Crippen LogP contribution in [0.1, 0.15) is 69.0 Å². The Balaban J connectivity index is 1.34. The second kappa shape index (κ2) is 11.6. The number of carbonyl (C=O) groups excluding carboxylic acids is 2. The SMILES string of the molecule is Cc1nc(Nc2ccc(F)cc2)nc(N2CCc3ccc(OC(=O)C4CCCN4C(=O)OC(C)(C)C)cc3C2C)c1C. The topological polar surface area (TPSA) is 96.9 Å². The van der Waals surface area contributed by atoms with Gasteiger partial charge in [-0.25, -0.2) is 19.0 Å². The van der Waals surface area contributed by atoms with Gasteiger partial charge < -0.3 is 19.7 Å². The van der Waals surface area contributed by atoms with Crippen LogP contribution in [0.25, 0.3) is 0 Å². The van der Waals surface area contributed by atoms with E-state index in [1.807, 2.05) is 32.0 Å². The largest absolute Gasteiger partial charge is 0.444 e. The molecule has 1 N–H and O–H groups in total. The van der Waals surface area contributed by atoms with Crippen molar-refractivity contribution >= 4 is 29.5 Å². The van der Waals surface area contributed by atoms with Gasteiger partial charge in [-0.05, 0) is 108 Å². The molecule has 9 nitrogen and oxygen atoms in total. The maximum atomic E-state index is 13.4. The summed E-state index contributed by atoms with van der Waals surface area (Å²) in [6.45, 7) is 12.7. The summed E-state index contributed by atoms with van der Waals surface area (Å²) in [7, 11) is 0. The average molecular weight is 576 g/mol. The molecule has 0 radical (unpaired) electrons. The standard InChI is InChI=1S/C32H38FN5O4/c1-19-20(2)34-30(35-24-12-10-23(33)11-13-24)36-28(19)37-17-15-22-9-14-25(18-26(22)21(37)3)41-29(39)27-8-7-16-38(27)31(40)42-32(4,5)6/h9-14,18,21,27H,7-8,15-17H2,1-6H3,(H,34,35,36). The third-order valence-electron chi connectivity index (χ3n) is 7.76. The summed E-state index contributed by atoms with van der Waals surface area (Å²) in [5.74, 6) is 0.921. The fourth-order valence-corrected chi connectivity index (χ4v) is 5.49. The van der Waals surface area contributed by atoms with Crippen LogP contribution in [-0.2, 0) is 16.0 Å². The van der Waals surface area contributed by atoms with Crippen LogP contribution in [0.2, 0.25) is 0 Å². The number of carbonyl (C=O) groups is 2. The second-order valence-corrected chi connectivity index (χ2v) is 11.9. The zero-order valence-corrected chi connectivity index (χ0v) is 25.0. The quantitative estimate of drug-likeness (QED) is 0.276. The highest BCUT2D eigenvalue weighted by molar-refractivity contribution is 5.83. The summed E-state index contributed by atoms with van der Waals surface area (Å²) in [5.41, 5.74) is 4.10. The smallest absolute Gasteiger partial charge is 0.411 e. The van der Waals surface area contributed by atoms with E-state index in [1.54, 1.807) is 32.9 Å². The van der Waals surface area contributed by atoms with Crippen LogP contribution in [-0.4, -0.2) is 51.7 Å². The summed E-state index contributed by atoms with van der Waals surface area (Å²) < 4.78 is 24.7. The van der Waals surface area contributed by atoms with Gasteiger partial charge in [-0.3, -0.25) is 4.90 Å². The number of aromatic nitrogens is 2. The first kappa shape index (κ1) is 29.3. The lowest BCUT2D eigenvalue weighted by Gasteiger charge is -2.37. The van der Waals surface area contributed by atoms with E-state index in [0.29, 0.717) is 36.8 Å². The van der Waals surface area contributed by atoms with Gasteiger partial charge in [0.05, 0.1) is 6.04 Å². The molecule has 3 heterocycles. The van der Waals surface area contributed by atoms with Crippen molar-refractivity contribution in [2.45, 2.75) is 78.5 Å². The highest BCUT2D eigenvalue weighted by Gasteiger charge is 2.38. The minimum absolute atomic E-state index is 0.0520. The van der Waals surface area contributed by atoms with E-state index in [1.165, 1.54) is 22.6 Å². The maximum Gasteiger partial charge on any atom is 0.411 e. The Morgan fingerprint density at radius 2 is 1.79 bits per heavy atom. The third-order valence-corrected chi connectivity index (χ3v) is 7.76. The number of nitrogens with one attached hydrogen (secondary N) is 1. The number of halogens is 1. The summed E-state index contributed by atoms with van der Waals surface area (Å²) in [5, 5.41) is 3.18. The van der Waals surface area contributed by atoms with Gasteiger partial charge >= 0.3 is 12.1 Å². The third kappa shape index (κ3) is 6.32. The fraction of sp³-hybridized carbons (Fsp3) is 0.438. The zero-order chi connectivity index (χ0) is 30.2. The van der Waals surface area contributed by atoms with E-state index in [2.05, 4.69) is 22.1 Å². The summed E-state index contributed by atoms with van der Waals surface area (Å²) in [4.78, 5) is 39.0. The highest BCUT2D eigenvalue weighted by atomic mass is 19.1. The molecule has 0 saturated carbocycles. The van der Waals surface area contributed by atoms with Crippen molar-refractivity contribution in [2.24, 2.45) is 0 Å². The molecule has 2 unspecified atom stereocenters. The second-order valence-electron chi connectivity index (χ2n) is 11.9. The number of anilines is 3. The number of ether oxygens (including phenoxy) is 2. The average Bonchev–Trinajstić information content (AvgIpc) is 3.42. The Kier molecular flexibility index (Phi) is 8.08. The van der Waals surface area contributed by atoms with E-state index in [0.717, 1.165) is 35.6 Å². The molecule has 222 valence electrons. The number of amides is 1. The predicted molar refractivity (Wildman–Crippen MR) is 159 cm³/mol. The van der Waals surface area contributed by atoms with Crippen LogP contribution >= 0.6 is 0 Å². The van der Waals surface area contributed by atoms with Crippen molar-refractivity contribution in [1.82, 2.24) is 14.9 Å². The van der Waals surface area contributed by atoms with Crippen molar-refractivity contribution in [2.75, 3.05) is 23.3 Å². The van der Waals surface area contributed by atoms with Gasteiger partial charge in [-0.15, -0.1) is 0 Å². The van der Waals surface area contributed by atoms with Crippen molar-refractivity contribution < 1.29 is 23.5 Å². The maximum absolute atomic E-state index is 13.4. The Labute approximate surface area is 246 Å². The fourth-order valence-electron chi connectivity index (χ4n) is 5.49. The first-order valence-electron chi connectivity index (χ1n) is 14.4. The molecule has 42 heavy (non-hydrogen) atoms. The van der Waals surface area contributed by atoms with Crippen LogP contribution in [0.3, 0.4) is 0 Å². The van der Waals surface area contributed by atoms with Crippen molar-refractivity contribution in [3.05, 3.63) is 70.7 Å². The molecule has 3 aromatic rings. The molecule has 2 aromatic carbocycles. The summed E-state index contributed by atoms with van der Waals surface area (Å²) in [6, 6.07) is 11.1. The van der Waals surface area contributed by atoms with E-state index in [4.69, 9.17) is 14.5 Å². The van der Waals surface area contributed by atoms with Gasteiger partial charge in [0, 0.05) is 30.0 Å². The predicted octanol–water partition coefficient (Wildman–Crippen LogP) is 6.40. The molecule has 2 atom stereocenters. The number of benzene rings is 2. The molecule has 0 aliphatic carbocycles. The Morgan fingerprint density at radius 1 is 1.05 bits per heavy atom. The van der Waals surface area contributed by atoms with Crippen LogP contribution in [0, 0.1) is 19.7 Å². The molecule has 10 heteroatoms. The normalized spacial score (nSPS) is 18.5. The van der Waals surface area contributed by atoms with Gasteiger partial charge in [0.1, 0.15) is 29.0 Å². The molecule has 2 aliphatic rings. The lowest BCUT2D eigenvalue weighted by atomic mass is 9.93. The zero-order valence-electron chi connectivity index (χ0n) is 25.0. The number of likely N-dealkylation sites (tertiary alicyclic amines) is 1. The van der Waals surface area contributed by atoms with Crippen molar-refractivity contribution in [1.29, 1.82) is 0 Å². The van der Waals surface area contributed by atoms with E-state index < -0.39 is 23.7 Å². The van der Waals surface area contributed by atoms with Crippen LogP contribution in [0.15, 0.2) is 42.5 Å². The lowest BCUT2D eigenvalue weighted by molar-refractivity contribution is -0.139. The first-order valence-corrected chi connectivity index (χ1v) is 14.4. The molecule has 1 fully saturated rings. The molecule has 0 bridgehead atoms. The first-order chi connectivity index (χ1) is 19.9. The minimum Gasteiger partial charge on any atom is -0.444 e. The number of nitrogens with zero attached hydrogens (tertiary/aromatic N) is 4. The number of esters is 1. The molecule has 1 saturated heterocycles. The van der Waals surface area contributed by atoms with Crippen molar-refractivity contribution in [3.8, 4) is 5.75 Å². The molecule has 1 aromatic heterocycles. The summed E-state index contributed by atoms with van der Waals surface area (Å²) >= 11 is 0. The Hall–Kier alpha value is -4.21. The molecular formula is C32H38FN5O4. The van der Waals surface area contributed by atoms with Gasteiger partial charge in [-0.1, -0.05) is 6.07 Å². The van der Waals surface area contributed by atoms with E-state index >= 15 is 0 Å². The molecule has 2 aliphatic heterocycles. The number of hydrogen-bond donors (Lipinski definition) is 1. The van der Waals surface area contributed by atoms with Crippen LogP contribution in [0.5, 0.6) is 5.75 Å². The molecule has 0 spiro atoms. The highest BCUT2D eigenvalue weighted by Crippen LogP contribution is 2.37. The summed E-state index contributed by atoms with van der Waals surface area (Å²) in [6.07, 6.45) is 1.55. The van der Waals surface area contributed by atoms with E-state index in [9.17, 15) is 14.0 Å². The number of fused-ring (bicyclic) bond motifs is 1.